The van der Waals surface area contributed by atoms with Crippen LogP contribution in [0.15, 0.2) is 24.3 Å². The fraction of sp³-hybridized carbons (Fsp3) is 0.421. The summed E-state index contributed by atoms with van der Waals surface area (Å²) in [6, 6.07) is 7.94. The number of carbonyl (C=O) groups is 1. The molecule has 3 N–H and O–H groups in total. The highest BCUT2D eigenvalue weighted by Crippen LogP contribution is 2.28. The Hall–Kier alpha value is -2.63. The molecule has 6 heteroatoms. The van der Waals surface area contributed by atoms with Gasteiger partial charge in [-0.15, -0.1) is 0 Å². The van der Waals surface area contributed by atoms with Gasteiger partial charge in [-0.2, -0.15) is 0 Å². The number of anilines is 1. The summed E-state index contributed by atoms with van der Waals surface area (Å²) in [7, 11) is 1.57. The zero-order chi connectivity index (χ0) is 18.8. The monoisotopic (exact) mass is 342 g/mol. The first-order valence-corrected chi connectivity index (χ1v) is 8.26. The number of rotatable bonds is 4. The average Bonchev–Trinajstić information content (AvgIpc) is 2.53. The van der Waals surface area contributed by atoms with Crippen molar-refractivity contribution in [1.82, 2.24) is 15.3 Å². The second kappa shape index (κ2) is 7.09. The van der Waals surface area contributed by atoms with Crippen LogP contribution >= 0.6 is 0 Å². The maximum absolute atomic E-state index is 12.2. The summed E-state index contributed by atoms with van der Waals surface area (Å²) in [6.07, 6.45) is -0.447. The highest BCUT2D eigenvalue weighted by atomic mass is 16.5. The fourth-order valence-corrected chi connectivity index (χ4v) is 2.61. The lowest BCUT2D eigenvalue weighted by Crippen LogP contribution is -2.24. The Kier molecular flexibility index (Phi) is 5.30. The van der Waals surface area contributed by atoms with Crippen molar-refractivity contribution >= 4 is 11.9 Å². The van der Waals surface area contributed by atoms with Gasteiger partial charge in [0, 0.05) is 7.05 Å². The van der Waals surface area contributed by atoms with Crippen LogP contribution in [0.4, 0.5) is 5.95 Å². The number of ether oxygens (including phenoxy) is 1. The van der Waals surface area contributed by atoms with Crippen LogP contribution in [0.2, 0.25) is 0 Å². The number of nitrogen functional groups attached to an aromatic ring is 1. The lowest BCUT2D eigenvalue weighted by atomic mass is 9.87. The van der Waals surface area contributed by atoms with Gasteiger partial charge in [-0.3, -0.25) is 4.79 Å². The summed E-state index contributed by atoms with van der Waals surface area (Å²) >= 11 is 0. The van der Waals surface area contributed by atoms with E-state index < -0.39 is 6.10 Å². The van der Waals surface area contributed by atoms with Crippen molar-refractivity contribution in [2.75, 3.05) is 12.8 Å². The van der Waals surface area contributed by atoms with Gasteiger partial charge in [0.25, 0.3) is 5.91 Å². The normalized spacial score (nSPS) is 12.6. The van der Waals surface area contributed by atoms with Gasteiger partial charge in [-0.1, -0.05) is 32.9 Å². The number of aromatic nitrogens is 2. The molecule has 0 fully saturated rings. The van der Waals surface area contributed by atoms with Gasteiger partial charge >= 0.3 is 0 Å². The number of aryl methyl sites for hydroxylation is 1. The van der Waals surface area contributed by atoms with Crippen molar-refractivity contribution < 1.29 is 9.53 Å². The third kappa shape index (κ3) is 4.26. The predicted molar refractivity (Wildman–Crippen MR) is 98.8 cm³/mol. The number of carbonyl (C=O) groups excluding carboxylic acids is 1. The number of nitrogens with one attached hydrogen (secondary N) is 1. The number of hydrogen-bond donors (Lipinski definition) is 2. The van der Waals surface area contributed by atoms with E-state index in [1.165, 1.54) is 5.56 Å². The van der Waals surface area contributed by atoms with E-state index in [1.807, 2.05) is 31.2 Å². The Morgan fingerprint density at radius 3 is 2.32 bits per heavy atom. The molecule has 1 aromatic heterocycles. The minimum atomic E-state index is -0.447. The van der Waals surface area contributed by atoms with Crippen molar-refractivity contribution in [2.45, 2.75) is 46.1 Å². The number of benzene rings is 1. The zero-order valence-electron chi connectivity index (χ0n) is 15.7. The van der Waals surface area contributed by atoms with Crippen LogP contribution in [0.1, 0.15) is 61.1 Å². The highest BCUT2D eigenvalue weighted by Gasteiger charge is 2.23. The van der Waals surface area contributed by atoms with Crippen molar-refractivity contribution in [3.05, 3.63) is 46.8 Å². The van der Waals surface area contributed by atoms with Crippen LogP contribution in [0.25, 0.3) is 0 Å². The molecule has 0 aliphatic rings. The third-order valence-electron chi connectivity index (χ3n) is 4.01. The molecule has 0 spiro atoms. The topological polar surface area (TPSA) is 90.1 Å². The van der Waals surface area contributed by atoms with Gasteiger partial charge < -0.3 is 15.8 Å². The number of nitrogens with two attached hydrogens (primary N) is 1. The van der Waals surface area contributed by atoms with Gasteiger partial charge in [-0.25, -0.2) is 9.97 Å². The Labute approximate surface area is 148 Å². The van der Waals surface area contributed by atoms with Gasteiger partial charge in [0.15, 0.2) is 0 Å². The minimum absolute atomic E-state index is 0.0781. The molecule has 0 aliphatic heterocycles. The molecule has 25 heavy (non-hydrogen) atoms. The molecule has 1 amide bonds. The molecular weight excluding hydrogens is 316 g/mol. The highest BCUT2D eigenvalue weighted by molar-refractivity contribution is 5.96. The summed E-state index contributed by atoms with van der Waals surface area (Å²) in [5, 5.41) is 2.61. The van der Waals surface area contributed by atoms with Gasteiger partial charge in [0.1, 0.15) is 11.9 Å². The zero-order valence-corrected chi connectivity index (χ0v) is 15.7. The Morgan fingerprint density at radius 2 is 1.80 bits per heavy atom. The standard InChI is InChI=1S/C19H26N4O2/c1-11-15(17(24)21-6)16(23-18(20)22-11)12(2)25-14-9-7-13(8-10-14)19(3,4)5/h7-10,12H,1-6H3,(H,21,24)(H2,20,22,23). The van der Waals surface area contributed by atoms with E-state index in [4.69, 9.17) is 10.5 Å². The molecule has 1 unspecified atom stereocenters. The van der Waals surface area contributed by atoms with E-state index in [-0.39, 0.29) is 17.3 Å². The second-order valence-corrected chi connectivity index (χ2v) is 7.04. The van der Waals surface area contributed by atoms with Crippen molar-refractivity contribution in [1.29, 1.82) is 0 Å². The molecule has 0 saturated carbocycles. The van der Waals surface area contributed by atoms with E-state index in [0.29, 0.717) is 22.7 Å². The van der Waals surface area contributed by atoms with E-state index in [2.05, 4.69) is 36.1 Å². The van der Waals surface area contributed by atoms with Crippen LogP contribution < -0.4 is 15.8 Å². The summed E-state index contributed by atoms with van der Waals surface area (Å²) in [6.45, 7) is 10.1. The van der Waals surface area contributed by atoms with Gasteiger partial charge in [0.05, 0.1) is 17.0 Å². The molecule has 1 aromatic carbocycles. The second-order valence-electron chi connectivity index (χ2n) is 7.04. The third-order valence-corrected chi connectivity index (χ3v) is 4.01. The van der Waals surface area contributed by atoms with E-state index >= 15 is 0 Å². The summed E-state index contributed by atoms with van der Waals surface area (Å²) in [5.74, 6) is 0.572. The van der Waals surface area contributed by atoms with Crippen molar-refractivity contribution in [3.63, 3.8) is 0 Å². The molecule has 0 aliphatic carbocycles. The first-order chi connectivity index (χ1) is 11.6. The molecule has 1 heterocycles. The van der Waals surface area contributed by atoms with Crippen molar-refractivity contribution in [2.24, 2.45) is 0 Å². The molecule has 1 atom stereocenters. The summed E-state index contributed by atoms with van der Waals surface area (Å²) < 4.78 is 5.99. The lowest BCUT2D eigenvalue weighted by molar-refractivity contribution is 0.0956. The first kappa shape index (κ1) is 18.7. The first-order valence-electron chi connectivity index (χ1n) is 8.26. The Balaban J connectivity index is 2.32. The molecule has 134 valence electrons. The van der Waals surface area contributed by atoms with Crippen LogP contribution in [0.3, 0.4) is 0 Å². The molecule has 0 saturated heterocycles. The molecule has 2 rings (SSSR count). The van der Waals surface area contributed by atoms with Crippen LogP contribution in [-0.2, 0) is 5.41 Å². The number of amides is 1. The summed E-state index contributed by atoms with van der Waals surface area (Å²) in [5.41, 5.74) is 8.46. The molecule has 0 radical (unpaired) electrons. The SMILES string of the molecule is CNC(=O)c1c(C)nc(N)nc1C(C)Oc1ccc(C(C)(C)C)cc1. The average molecular weight is 342 g/mol. The minimum Gasteiger partial charge on any atom is -0.484 e. The van der Waals surface area contributed by atoms with E-state index in [9.17, 15) is 4.79 Å². The maximum Gasteiger partial charge on any atom is 0.254 e. The predicted octanol–water partition coefficient (Wildman–Crippen LogP) is 3.16. The molecular formula is C19H26N4O2. The summed E-state index contributed by atoms with van der Waals surface area (Å²) in [4.78, 5) is 20.5. The Bertz CT molecular complexity index is 764. The van der Waals surface area contributed by atoms with Crippen molar-refractivity contribution in [3.8, 4) is 5.75 Å². The fourth-order valence-electron chi connectivity index (χ4n) is 2.61. The molecule has 2 aromatic rings. The smallest absolute Gasteiger partial charge is 0.254 e. The van der Waals surface area contributed by atoms with E-state index in [0.717, 1.165) is 0 Å². The largest absolute Gasteiger partial charge is 0.484 e. The van der Waals surface area contributed by atoms with Gasteiger partial charge in [-0.05, 0) is 37.0 Å². The number of hydrogen-bond acceptors (Lipinski definition) is 5. The Morgan fingerprint density at radius 1 is 1.20 bits per heavy atom. The quantitative estimate of drug-likeness (QED) is 0.891. The lowest BCUT2D eigenvalue weighted by Gasteiger charge is -2.21. The van der Waals surface area contributed by atoms with Crippen LogP contribution in [0.5, 0.6) is 5.75 Å². The van der Waals surface area contributed by atoms with Gasteiger partial charge in [0.2, 0.25) is 5.95 Å². The van der Waals surface area contributed by atoms with Crippen LogP contribution in [-0.4, -0.2) is 22.9 Å². The molecule has 6 nitrogen and oxygen atoms in total. The molecule has 0 bridgehead atoms. The number of nitrogens with zero attached hydrogens (tertiary/aromatic N) is 2. The van der Waals surface area contributed by atoms with Crippen LogP contribution in [0, 0.1) is 6.92 Å². The van der Waals surface area contributed by atoms with E-state index in [1.54, 1.807) is 14.0 Å². The maximum atomic E-state index is 12.2.